The molecule has 0 aliphatic carbocycles. The molecule has 0 radical (unpaired) electrons. The average Bonchev–Trinajstić information content (AvgIpc) is 2.67. The van der Waals surface area contributed by atoms with Crippen molar-refractivity contribution in [1.82, 2.24) is 14.4 Å². The van der Waals surface area contributed by atoms with Gasteiger partial charge < -0.3 is 5.73 Å². The molecule has 0 unspecified atom stereocenters. The summed E-state index contributed by atoms with van der Waals surface area (Å²) in [6.45, 7) is 0. The molecule has 3 rings (SSSR count). The van der Waals surface area contributed by atoms with Gasteiger partial charge >= 0.3 is 0 Å². The first kappa shape index (κ1) is 10.1. The highest BCUT2D eigenvalue weighted by molar-refractivity contribution is 6.30. The Balaban J connectivity index is 2.28. The Morgan fingerprint density at radius 1 is 1.24 bits per heavy atom. The topological polar surface area (TPSA) is 56.2 Å². The standard InChI is InChI=1S/C12H9ClN4/c13-8-4-6-17-10(7-8)16-11(12(17)14)9-3-1-2-5-15-9/h1-7H,14H2. The lowest BCUT2D eigenvalue weighted by Crippen LogP contribution is -1.94. The number of halogens is 1. The van der Waals surface area contributed by atoms with E-state index < -0.39 is 0 Å². The molecule has 0 aliphatic heterocycles. The predicted molar refractivity (Wildman–Crippen MR) is 67.8 cm³/mol. The minimum Gasteiger partial charge on any atom is -0.383 e. The van der Waals surface area contributed by atoms with E-state index in [1.165, 1.54) is 0 Å². The van der Waals surface area contributed by atoms with Crippen LogP contribution >= 0.6 is 11.6 Å². The van der Waals surface area contributed by atoms with Crippen LogP contribution in [0, 0.1) is 0 Å². The van der Waals surface area contributed by atoms with Crippen LogP contribution in [0.15, 0.2) is 42.7 Å². The maximum Gasteiger partial charge on any atom is 0.140 e. The van der Waals surface area contributed by atoms with E-state index in [1.54, 1.807) is 28.9 Å². The Morgan fingerprint density at radius 3 is 2.88 bits per heavy atom. The van der Waals surface area contributed by atoms with Crippen molar-refractivity contribution in [3.63, 3.8) is 0 Å². The molecule has 0 aromatic carbocycles. The molecule has 0 fully saturated rings. The Bertz CT molecular complexity index is 676. The molecular weight excluding hydrogens is 236 g/mol. The summed E-state index contributed by atoms with van der Waals surface area (Å²) in [5.41, 5.74) is 8.19. The van der Waals surface area contributed by atoms with Crippen LogP contribution in [0.25, 0.3) is 17.0 Å². The lowest BCUT2D eigenvalue weighted by molar-refractivity contribution is 1.20. The van der Waals surface area contributed by atoms with Crippen molar-refractivity contribution in [3.05, 3.63) is 47.7 Å². The number of fused-ring (bicyclic) bond motifs is 1. The van der Waals surface area contributed by atoms with Gasteiger partial charge in [-0.25, -0.2) is 4.98 Å². The second-order valence-corrected chi connectivity index (χ2v) is 4.07. The van der Waals surface area contributed by atoms with Crippen molar-refractivity contribution in [2.45, 2.75) is 0 Å². The van der Waals surface area contributed by atoms with Crippen LogP contribution in [0.2, 0.25) is 5.02 Å². The number of pyridine rings is 2. The minimum absolute atomic E-state index is 0.565. The second kappa shape index (κ2) is 3.75. The molecule has 5 heteroatoms. The summed E-state index contributed by atoms with van der Waals surface area (Å²) < 4.78 is 1.79. The Morgan fingerprint density at radius 2 is 2.12 bits per heavy atom. The fourth-order valence-electron chi connectivity index (χ4n) is 1.73. The van der Waals surface area contributed by atoms with E-state index in [0.717, 1.165) is 11.3 Å². The van der Waals surface area contributed by atoms with Gasteiger partial charge in [0, 0.05) is 23.5 Å². The first-order valence-electron chi connectivity index (χ1n) is 5.10. The number of hydrogen-bond donors (Lipinski definition) is 1. The Kier molecular flexibility index (Phi) is 2.23. The van der Waals surface area contributed by atoms with Crippen molar-refractivity contribution >= 4 is 23.1 Å². The number of anilines is 1. The van der Waals surface area contributed by atoms with E-state index in [2.05, 4.69) is 9.97 Å². The first-order valence-corrected chi connectivity index (χ1v) is 5.48. The third-order valence-corrected chi connectivity index (χ3v) is 2.77. The van der Waals surface area contributed by atoms with Crippen molar-refractivity contribution in [2.24, 2.45) is 0 Å². The van der Waals surface area contributed by atoms with E-state index in [9.17, 15) is 0 Å². The summed E-state index contributed by atoms with van der Waals surface area (Å²) in [4.78, 5) is 8.67. The first-order chi connectivity index (χ1) is 8.25. The number of imidazole rings is 1. The van der Waals surface area contributed by atoms with Gasteiger partial charge in [-0.1, -0.05) is 17.7 Å². The normalized spacial score (nSPS) is 10.9. The van der Waals surface area contributed by atoms with Crippen LogP contribution in [0.1, 0.15) is 0 Å². The zero-order chi connectivity index (χ0) is 11.8. The lowest BCUT2D eigenvalue weighted by atomic mass is 10.3. The maximum absolute atomic E-state index is 6.04. The summed E-state index contributed by atoms with van der Waals surface area (Å²) in [5.74, 6) is 0.565. The molecule has 17 heavy (non-hydrogen) atoms. The zero-order valence-electron chi connectivity index (χ0n) is 8.84. The van der Waals surface area contributed by atoms with Crippen LogP contribution in [-0.2, 0) is 0 Å². The Hall–Kier alpha value is -2.07. The van der Waals surface area contributed by atoms with Crippen LogP contribution in [0.5, 0.6) is 0 Å². The molecule has 2 N–H and O–H groups in total. The van der Waals surface area contributed by atoms with Gasteiger partial charge in [0.25, 0.3) is 0 Å². The quantitative estimate of drug-likeness (QED) is 0.716. The second-order valence-electron chi connectivity index (χ2n) is 3.63. The molecular formula is C12H9ClN4. The number of nitrogens with two attached hydrogens (primary N) is 1. The van der Waals surface area contributed by atoms with Gasteiger partial charge in [-0.05, 0) is 18.2 Å². The summed E-state index contributed by atoms with van der Waals surface area (Å²) >= 11 is 5.92. The van der Waals surface area contributed by atoms with Crippen LogP contribution in [0.3, 0.4) is 0 Å². The summed E-state index contributed by atoms with van der Waals surface area (Å²) in [7, 11) is 0. The van der Waals surface area contributed by atoms with E-state index in [-0.39, 0.29) is 0 Å². The van der Waals surface area contributed by atoms with Gasteiger partial charge in [0.15, 0.2) is 0 Å². The Labute approximate surface area is 103 Å². The van der Waals surface area contributed by atoms with Crippen LogP contribution < -0.4 is 5.73 Å². The van der Waals surface area contributed by atoms with Crippen LogP contribution in [-0.4, -0.2) is 14.4 Å². The number of aromatic nitrogens is 3. The molecule has 0 saturated heterocycles. The van der Waals surface area contributed by atoms with E-state index >= 15 is 0 Å². The summed E-state index contributed by atoms with van der Waals surface area (Å²) in [6, 6.07) is 9.17. The highest BCUT2D eigenvalue weighted by atomic mass is 35.5. The molecule has 84 valence electrons. The minimum atomic E-state index is 0.565. The highest BCUT2D eigenvalue weighted by Crippen LogP contribution is 2.25. The third-order valence-electron chi connectivity index (χ3n) is 2.53. The van der Waals surface area contributed by atoms with E-state index in [4.69, 9.17) is 17.3 Å². The number of nitrogens with zero attached hydrogens (tertiary/aromatic N) is 3. The van der Waals surface area contributed by atoms with Gasteiger partial charge in [0.1, 0.15) is 17.2 Å². The fourth-order valence-corrected chi connectivity index (χ4v) is 1.88. The molecule has 0 aliphatic rings. The van der Waals surface area contributed by atoms with Gasteiger partial charge in [-0.3, -0.25) is 9.38 Å². The molecule has 0 amide bonds. The molecule has 4 nitrogen and oxygen atoms in total. The summed E-state index contributed by atoms with van der Waals surface area (Å²) in [5, 5.41) is 0.634. The lowest BCUT2D eigenvalue weighted by Gasteiger charge is -1.97. The van der Waals surface area contributed by atoms with Crippen LogP contribution in [0.4, 0.5) is 5.82 Å². The van der Waals surface area contributed by atoms with Gasteiger partial charge in [0.2, 0.25) is 0 Å². The largest absolute Gasteiger partial charge is 0.383 e. The van der Waals surface area contributed by atoms with Gasteiger partial charge in [-0.2, -0.15) is 0 Å². The number of hydrogen-bond acceptors (Lipinski definition) is 3. The highest BCUT2D eigenvalue weighted by Gasteiger charge is 2.11. The fraction of sp³-hybridized carbons (Fsp3) is 0. The van der Waals surface area contributed by atoms with E-state index in [1.807, 2.05) is 18.2 Å². The van der Waals surface area contributed by atoms with Crippen molar-refractivity contribution in [2.75, 3.05) is 5.73 Å². The summed E-state index contributed by atoms with van der Waals surface area (Å²) in [6.07, 6.45) is 3.51. The van der Waals surface area contributed by atoms with Crippen molar-refractivity contribution in [3.8, 4) is 11.4 Å². The van der Waals surface area contributed by atoms with Crippen molar-refractivity contribution in [1.29, 1.82) is 0 Å². The maximum atomic E-state index is 6.04. The molecule has 3 heterocycles. The molecule has 3 aromatic rings. The number of nitrogen functional groups attached to an aromatic ring is 1. The third kappa shape index (κ3) is 1.62. The molecule has 0 atom stereocenters. The van der Waals surface area contributed by atoms with E-state index in [0.29, 0.717) is 16.5 Å². The molecule has 3 aromatic heterocycles. The average molecular weight is 245 g/mol. The SMILES string of the molecule is Nc1c(-c2ccccn2)nc2cc(Cl)ccn12. The molecule has 0 bridgehead atoms. The van der Waals surface area contributed by atoms with Crippen molar-refractivity contribution < 1.29 is 0 Å². The van der Waals surface area contributed by atoms with Gasteiger partial charge in [-0.15, -0.1) is 0 Å². The molecule has 0 spiro atoms. The smallest absolute Gasteiger partial charge is 0.140 e. The molecule has 0 saturated carbocycles. The number of rotatable bonds is 1. The van der Waals surface area contributed by atoms with Gasteiger partial charge in [0.05, 0.1) is 5.69 Å². The zero-order valence-corrected chi connectivity index (χ0v) is 9.59. The monoisotopic (exact) mass is 244 g/mol. The predicted octanol–water partition coefficient (Wildman–Crippen LogP) is 2.63.